The molecule has 0 amide bonds. The second kappa shape index (κ2) is 8.18. The Morgan fingerprint density at radius 3 is 2.29 bits per heavy atom. The van der Waals surface area contributed by atoms with Crippen molar-refractivity contribution in [3.05, 3.63) is 65.2 Å². The Morgan fingerprint density at radius 2 is 1.64 bits per heavy atom. The molecule has 2 aromatic rings. The Kier molecular flexibility index (Phi) is 6.06. The molecule has 0 heterocycles. The van der Waals surface area contributed by atoms with Crippen LogP contribution in [0.3, 0.4) is 0 Å². The van der Waals surface area contributed by atoms with E-state index >= 15 is 0 Å². The van der Waals surface area contributed by atoms with E-state index in [1.807, 2.05) is 14.1 Å². The van der Waals surface area contributed by atoms with Crippen LogP contribution in [0.1, 0.15) is 36.8 Å². The first-order valence-corrected chi connectivity index (χ1v) is 9.75. The summed E-state index contributed by atoms with van der Waals surface area (Å²) < 4.78 is 33.1. The average molecular weight is 389 g/mol. The van der Waals surface area contributed by atoms with E-state index in [4.69, 9.17) is 4.74 Å². The van der Waals surface area contributed by atoms with Crippen molar-refractivity contribution in [1.29, 1.82) is 0 Å². The van der Waals surface area contributed by atoms with Crippen LogP contribution in [-0.4, -0.2) is 37.8 Å². The van der Waals surface area contributed by atoms with Gasteiger partial charge in [-0.3, -0.25) is 0 Å². The molecule has 152 valence electrons. The van der Waals surface area contributed by atoms with Crippen molar-refractivity contribution in [3.8, 4) is 5.75 Å². The minimum atomic E-state index is -1.25. The van der Waals surface area contributed by atoms with Gasteiger partial charge in [0.15, 0.2) is 0 Å². The van der Waals surface area contributed by atoms with Gasteiger partial charge in [-0.25, -0.2) is 8.78 Å². The van der Waals surface area contributed by atoms with Gasteiger partial charge in [-0.2, -0.15) is 0 Å². The first-order chi connectivity index (χ1) is 13.3. The molecule has 0 bridgehead atoms. The van der Waals surface area contributed by atoms with Crippen molar-refractivity contribution in [2.45, 2.75) is 37.7 Å². The number of aliphatic hydroxyl groups is 1. The van der Waals surface area contributed by atoms with Crippen LogP contribution in [0.5, 0.6) is 5.75 Å². The molecule has 2 atom stereocenters. The van der Waals surface area contributed by atoms with Gasteiger partial charge in [-0.05, 0) is 69.3 Å². The summed E-state index contributed by atoms with van der Waals surface area (Å²) in [6.45, 7) is 0.626. The molecule has 3 rings (SSSR count). The van der Waals surface area contributed by atoms with Gasteiger partial charge in [0.05, 0.1) is 7.11 Å². The van der Waals surface area contributed by atoms with E-state index in [-0.39, 0.29) is 5.82 Å². The number of hydrogen-bond acceptors (Lipinski definition) is 3. The summed E-state index contributed by atoms with van der Waals surface area (Å²) in [7, 11) is 5.49. The Morgan fingerprint density at radius 1 is 1.00 bits per heavy atom. The van der Waals surface area contributed by atoms with E-state index < -0.39 is 16.8 Å². The van der Waals surface area contributed by atoms with Crippen molar-refractivity contribution in [1.82, 2.24) is 4.90 Å². The quantitative estimate of drug-likeness (QED) is 0.788. The zero-order chi connectivity index (χ0) is 20.4. The summed E-state index contributed by atoms with van der Waals surface area (Å²) in [5.74, 6) is -0.181. The van der Waals surface area contributed by atoms with Crippen LogP contribution in [0.4, 0.5) is 8.78 Å². The van der Waals surface area contributed by atoms with E-state index in [1.165, 1.54) is 31.4 Å². The van der Waals surface area contributed by atoms with Gasteiger partial charge < -0.3 is 14.7 Å². The van der Waals surface area contributed by atoms with Gasteiger partial charge in [0, 0.05) is 17.5 Å². The summed E-state index contributed by atoms with van der Waals surface area (Å²) in [6.07, 6.45) is 3.73. The molecule has 2 aromatic carbocycles. The van der Waals surface area contributed by atoms with Crippen LogP contribution in [0.15, 0.2) is 42.5 Å². The number of halogens is 2. The summed E-state index contributed by atoms with van der Waals surface area (Å²) in [4.78, 5) is 2.06. The number of nitrogens with zero attached hydrogens (tertiary/aromatic N) is 1. The predicted molar refractivity (Wildman–Crippen MR) is 106 cm³/mol. The zero-order valence-electron chi connectivity index (χ0n) is 16.8. The Bertz CT molecular complexity index is 809. The molecule has 0 aliphatic heterocycles. The lowest BCUT2D eigenvalue weighted by molar-refractivity contribution is -0.132. The maximum absolute atomic E-state index is 14.2. The van der Waals surface area contributed by atoms with Gasteiger partial charge in [0.2, 0.25) is 0 Å². The van der Waals surface area contributed by atoms with Gasteiger partial charge in [-0.1, -0.05) is 25.0 Å². The van der Waals surface area contributed by atoms with Crippen LogP contribution in [0.25, 0.3) is 0 Å². The second-order valence-corrected chi connectivity index (χ2v) is 8.23. The number of ether oxygens (including phenoxy) is 1. The van der Waals surface area contributed by atoms with Crippen molar-refractivity contribution in [3.63, 3.8) is 0 Å². The van der Waals surface area contributed by atoms with E-state index in [0.29, 0.717) is 30.7 Å². The minimum absolute atomic E-state index is 0.281. The fraction of sp³-hybridized carbons (Fsp3) is 0.478. The lowest BCUT2D eigenvalue weighted by Crippen LogP contribution is -2.54. The lowest BCUT2D eigenvalue weighted by atomic mass is 9.57. The smallest absolute Gasteiger partial charge is 0.125 e. The fourth-order valence-corrected chi connectivity index (χ4v) is 4.84. The van der Waals surface area contributed by atoms with Crippen molar-refractivity contribution >= 4 is 0 Å². The number of methoxy groups -OCH3 is 1. The molecular formula is C23H29F2NO2. The van der Waals surface area contributed by atoms with Crippen LogP contribution in [-0.2, 0) is 12.0 Å². The lowest BCUT2D eigenvalue weighted by Gasteiger charge is -2.52. The third-order valence-electron chi connectivity index (χ3n) is 6.00. The minimum Gasteiger partial charge on any atom is -0.496 e. The molecule has 1 fully saturated rings. The van der Waals surface area contributed by atoms with Crippen LogP contribution in [0.2, 0.25) is 0 Å². The standard InChI is InChI=1S/C23H29F2NO2/c1-26(2)16-22(15-17-6-8-18(24)9-7-17)12-4-5-13-23(22,27)20-14-19(25)10-11-21(20)28-3/h6-11,14,27H,4-5,12-13,15-16H2,1-3H3. The molecule has 0 radical (unpaired) electrons. The van der Waals surface area contributed by atoms with E-state index in [0.717, 1.165) is 24.8 Å². The van der Waals surface area contributed by atoms with Gasteiger partial charge in [0.25, 0.3) is 0 Å². The molecule has 1 N–H and O–H groups in total. The molecule has 28 heavy (non-hydrogen) atoms. The zero-order valence-corrected chi connectivity index (χ0v) is 16.8. The normalized spacial score (nSPS) is 25.1. The predicted octanol–water partition coefficient (Wildman–Crippen LogP) is 4.53. The number of hydrogen-bond donors (Lipinski definition) is 1. The molecule has 2 unspecified atom stereocenters. The maximum atomic E-state index is 14.2. The highest BCUT2D eigenvalue weighted by Gasteiger charge is 2.54. The van der Waals surface area contributed by atoms with Crippen LogP contribution in [0, 0.1) is 17.0 Å². The van der Waals surface area contributed by atoms with Gasteiger partial charge in [-0.15, -0.1) is 0 Å². The summed E-state index contributed by atoms with van der Waals surface area (Å²) in [6, 6.07) is 10.8. The highest BCUT2D eigenvalue weighted by Crippen LogP contribution is 2.54. The molecule has 1 aliphatic carbocycles. The van der Waals surface area contributed by atoms with Crippen LogP contribution >= 0.6 is 0 Å². The third kappa shape index (κ3) is 3.91. The van der Waals surface area contributed by atoms with Gasteiger partial charge in [0.1, 0.15) is 23.0 Å². The summed E-state index contributed by atoms with van der Waals surface area (Å²) >= 11 is 0. The Labute approximate surface area is 165 Å². The first kappa shape index (κ1) is 20.7. The van der Waals surface area contributed by atoms with E-state index in [1.54, 1.807) is 18.2 Å². The molecule has 5 heteroatoms. The molecule has 0 saturated heterocycles. The fourth-order valence-electron chi connectivity index (χ4n) is 4.84. The average Bonchev–Trinajstić information content (AvgIpc) is 2.65. The molecule has 1 saturated carbocycles. The maximum Gasteiger partial charge on any atom is 0.125 e. The molecular weight excluding hydrogens is 360 g/mol. The highest BCUT2D eigenvalue weighted by molar-refractivity contribution is 5.41. The number of rotatable bonds is 6. The molecule has 0 aromatic heterocycles. The van der Waals surface area contributed by atoms with E-state index in [2.05, 4.69) is 4.90 Å². The molecule has 1 aliphatic rings. The highest BCUT2D eigenvalue weighted by atomic mass is 19.1. The summed E-state index contributed by atoms with van der Waals surface area (Å²) in [5, 5.41) is 12.1. The Balaban J connectivity index is 2.14. The molecule has 0 spiro atoms. The van der Waals surface area contributed by atoms with Crippen molar-refractivity contribution < 1.29 is 18.6 Å². The SMILES string of the molecule is COc1ccc(F)cc1C1(O)CCCCC1(Cc1ccc(F)cc1)CN(C)C. The molecule has 3 nitrogen and oxygen atoms in total. The second-order valence-electron chi connectivity index (χ2n) is 8.23. The topological polar surface area (TPSA) is 32.7 Å². The number of benzene rings is 2. The van der Waals surface area contributed by atoms with Crippen LogP contribution < -0.4 is 4.74 Å². The van der Waals surface area contributed by atoms with Crippen molar-refractivity contribution in [2.24, 2.45) is 5.41 Å². The third-order valence-corrected chi connectivity index (χ3v) is 6.00. The first-order valence-electron chi connectivity index (χ1n) is 9.75. The largest absolute Gasteiger partial charge is 0.496 e. The van der Waals surface area contributed by atoms with E-state index in [9.17, 15) is 13.9 Å². The Hall–Kier alpha value is -1.98. The monoisotopic (exact) mass is 389 g/mol. The van der Waals surface area contributed by atoms with Gasteiger partial charge >= 0.3 is 0 Å². The summed E-state index contributed by atoms with van der Waals surface area (Å²) in [5.41, 5.74) is -0.344. The van der Waals surface area contributed by atoms with Crippen molar-refractivity contribution in [2.75, 3.05) is 27.7 Å².